The lowest BCUT2D eigenvalue weighted by molar-refractivity contribution is -0.384. The topological polar surface area (TPSA) is 130 Å². The molecule has 0 aliphatic heterocycles. The van der Waals surface area contributed by atoms with Crippen LogP contribution < -0.4 is 9.62 Å². The van der Waals surface area contributed by atoms with E-state index < -0.39 is 33.4 Å². The molecular formula is C26H34N4O6S. The Hall–Kier alpha value is -3.47. The van der Waals surface area contributed by atoms with Gasteiger partial charge in [0.1, 0.15) is 12.6 Å². The Bertz CT molecular complexity index is 1230. The maximum Gasteiger partial charge on any atom is 0.271 e. The van der Waals surface area contributed by atoms with E-state index in [2.05, 4.69) is 5.32 Å². The fourth-order valence-corrected chi connectivity index (χ4v) is 5.26. The number of rotatable bonds is 10. The predicted molar refractivity (Wildman–Crippen MR) is 141 cm³/mol. The molecule has 0 unspecified atom stereocenters. The molecule has 3 rings (SSSR count). The Morgan fingerprint density at radius 1 is 1.11 bits per heavy atom. The van der Waals surface area contributed by atoms with Gasteiger partial charge in [-0.25, -0.2) is 8.42 Å². The highest BCUT2D eigenvalue weighted by Crippen LogP contribution is 2.24. The number of aryl methyl sites for hydroxylation is 1. The quantitative estimate of drug-likeness (QED) is 0.369. The molecule has 0 spiro atoms. The number of hydrogen-bond acceptors (Lipinski definition) is 6. The fraction of sp³-hybridized carbons (Fsp3) is 0.462. The zero-order valence-electron chi connectivity index (χ0n) is 21.4. The summed E-state index contributed by atoms with van der Waals surface area (Å²) >= 11 is 0. The molecule has 1 N–H and O–H groups in total. The van der Waals surface area contributed by atoms with Gasteiger partial charge in [0.2, 0.25) is 21.8 Å². The van der Waals surface area contributed by atoms with Gasteiger partial charge in [-0.15, -0.1) is 0 Å². The minimum absolute atomic E-state index is 0.000328. The minimum atomic E-state index is -3.97. The second-order valence-electron chi connectivity index (χ2n) is 9.57. The van der Waals surface area contributed by atoms with Crippen LogP contribution in [0.2, 0.25) is 0 Å². The van der Waals surface area contributed by atoms with E-state index in [9.17, 15) is 28.1 Å². The van der Waals surface area contributed by atoms with Gasteiger partial charge in [-0.1, -0.05) is 55.2 Å². The smallest absolute Gasteiger partial charge is 0.271 e. The molecule has 0 bridgehead atoms. The highest BCUT2D eigenvalue weighted by Gasteiger charge is 2.31. The second-order valence-corrected chi connectivity index (χ2v) is 11.5. The summed E-state index contributed by atoms with van der Waals surface area (Å²) in [6.45, 7) is 3.07. The van der Waals surface area contributed by atoms with Crippen molar-refractivity contribution in [1.82, 2.24) is 10.2 Å². The van der Waals surface area contributed by atoms with E-state index in [-0.39, 0.29) is 29.9 Å². The third-order valence-electron chi connectivity index (χ3n) is 6.60. The van der Waals surface area contributed by atoms with Crippen molar-refractivity contribution in [2.75, 3.05) is 17.1 Å². The van der Waals surface area contributed by atoms with Crippen LogP contribution in [0.3, 0.4) is 0 Å². The van der Waals surface area contributed by atoms with Crippen molar-refractivity contribution in [2.24, 2.45) is 0 Å². The van der Waals surface area contributed by atoms with E-state index in [0.717, 1.165) is 59.9 Å². The van der Waals surface area contributed by atoms with Gasteiger partial charge in [-0.05, 0) is 38.3 Å². The number of carbonyl (C=O) groups excluding carboxylic acids is 2. The fourth-order valence-electron chi connectivity index (χ4n) is 4.42. The molecule has 1 aliphatic rings. The molecule has 10 nitrogen and oxygen atoms in total. The van der Waals surface area contributed by atoms with Crippen molar-refractivity contribution in [3.63, 3.8) is 0 Å². The average Bonchev–Trinajstić information content (AvgIpc) is 2.86. The first-order valence-electron chi connectivity index (χ1n) is 12.3. The van der Waals surface area contributed by atoms with E-state index in [1.807, 2.05) is 31.2 Å². The average molecular weight is 531 g/mol. The first-order chi connectivity index (χ1) is 17.5. The first-order valence-corrected chi connectivity index (χ1v) is 14.2. The summed E-state index contributed by atoms with van der Waals surface area (Å²) in [6.07, 6.45) is 5.93. The third kappa shape index (κ3) is 7.75. The number of carbonyl (C=O) groups is 2. The molecule has 2 aromatic carbocycles. The number of non-ortho nitro benzene ring substituents is 1. The van der Waals surface area contributed by atoms with Crippen LogP contribution in [0.1, 0.15) is 50.2 Å². The van der Waals surface area contributed by atoms with Gasteiger partial charge in [0, 0.05) is 24.7 Å². The normalized spacial score (nSPS) is 15.0. The van der Waals surface area contributed by atoms with Crippen LogP contribution in [-0.4, -0.2) is 54.9 Å². The van der Waals surface area contributed by atoms with Crippen LogP contribution >= 0.6 is 0 Å². The molecule has 0 heterocycles. The van der Waals surface area contributed by atoms with Crippen LogP contribution in [0.15, 0.2) is 48.5 Å². The highest BCUT2D eigenvalue weighted by molar-refractivity contribution is 7.92. The summed E-state index contributed by atoms with van der Waals surface area (Å²) in [4.78, 5) is 38.7. The van der Waals surface area contributed by atoms with Crippen molar-refractivity contribution >= 4 is 33.2 Å². The molecular weight excluding hydrogens is 496 g/mol. The van der Waals surface area contributed by atoms with E-state index >= 15 is 0 Å². The zero-order chi connectivity index (χ0) is 27.2. The van der Waals surface area contributed by atoms with Crippen LogP contribution in [-0.2, 0) is 26.2 Å². The van der Waals surface area contributed by atoms with Crippen LogP contribution in [0.25, 0.3) is 0 Å². The van der Waals surface area contributed by atoms with Crippen molar-refractivity contribution < 1.29 is 22.9 Å². The summed E-state index contributed by atoms with van der Waals surface area (Å²) in [5.41, 5.74) is 1.53. The molecule has 0 saturated heterocycles. The third-order valence-corrected chi connectivity index (χ3v) is 7.74. The van der Waals surface area contributed by atoms with Gasteiger partial charge >= 0.3 is 0 Å². The zero-order valence-corrected chi connectivity index (χ0v) is 22.2. The predicted octanol–water partition coefficient (Wildman–Crippen LogP) is 3.54. The summed E-state index contributed by atoms with van der Waals surface area (Å²) < 4.78 is 26.1. The largest absolute Gasteiger partial charge is 0.352 e. The van der Waals surface area contributed by atoms with Gasteiger partial charge in [-0.3, -0.25) is 24.0 Å². The lowest BCUT2D eigenvalue weighted by Gasteiger charge is -2.33. The Labute approximate surface area is 217 Å². The number of hydrogen-bond donors (Lipinski definition) is 1. The van der Waals surface area contributed by atoms with Gasteiger partial charge in [0.05, 0.1) is 16.9 Å². The standard InChI is InChI=1S/C26H34N4O6S/c1-19-12-14-21(15-13-19)17-28(20(2)26(32)27-22-8-5-4-6-9-22)25(31)18-29(37(3,35)36)23-10-7-11-24(16-23)30(33)34/h7,10-16,20,22H,4-6,8-9,17-18H2,1-3H3,(H,27,32)/t20-/m1/s1. The highest BCUT2D eigenvalue weighted by atomic mass is 32.2. The van der Waals surface area contributed by atoms with Crippen LogP contribution in [0, 0.1) is 17.0 Å². The van der Waals surface area contributed by atoms with Crippen molar-refractivity contribution in [2.45, 2.75) is 64.6 Å². The Morgan fingerprint density at radius 3 is 2.35 bits per heavy atom. The van der Waals surface area contributed by atoms with Crippen LogP contribution in [0.4, 0.5) is 11.4 Å². The van der Waals surface area contributed by atoms with E-state index in [1.165, 1.54) is 23.1 Å². The number of nitro groups is 1. The number of anilines is 1. The summed E-state index contributed by atoms with van der Waals surface area (Å²) in [7, 11) is -3.97. The van der Waals surface area contributed by atoms with Gasteiger partial charge < -0.3 is 10.2 Å². The van der Waals surface area contributed by atoms with E-state index in [0.29, 0.717) is 0 Å². The molecule has 0 radical (unpaired) electrons. The Balaban J connectivity index is 1.89. The molecule has 2 aromatic rings. The molecule has 37 heavy (non-hydrogen) atoms. The van der Waals surface area contributed by atoms with Crippen molar-refractivity contribution in [1.29, 1.82) is 0 Å². The molecule has 1 atom stereocenters. The van der Waals surface area contributed by atoms with Crippen molar-refractivity contribution in [3.05, 3.63) is 69.8 Å². The van der Waals surface area contributed by atoms with Gasteiger partial charge in [0.15, 0.2) is 0 Å². The second kappa shape index (κ2) is 12.2. The monoisotopic (exact) mass is 530 g/mol. The number of sulfonamides is 1. The SMILES string of the molecule is Cc1ccc(CN(C(=O)CN(c2cccc([N+](=O)[O-])c2)S(C)(=O)=O)[C@H](C)C(=O)NC2CCCCC2)cc1. The molecule has 2 amide bonds. The molecule has 1 aliphatic carbocycles. The van der Waals surface area contributed by atoms with Gasteiger partial charge in [0.25, 0.3) is 5.69 Å². The number of nitro benzene ring substituents is 1. The lowest BCUT2D eigenvalue weighted by atomic mass is 9.95. The maximum atomic E-state index is 13.6. The van der Waals surface area contributed by atoms with E-state index in [1.54, 1.807) is 6.92 Å². The molecule has 200 valence electrons. The summed E-state index contributed by atoms with van der Waals surface area (Å²) in [5.74, 6) is -0.891. The maximum absolute atomic E-state index is 13.6. The molecule has 1 fully saturated rings. The van der Waals surface area contributed by atoms with Crippen molar-refractivity contribution in [3.8, 4) is 0 Å². The summed E-state index contributed by atoms with van der Waals surface area (Å²) in [5, 5.41) is 14.3. The van der Waals surface area contributed by atoms with E-state index in [4.69, 9.17) is 0 Å². The van der Waals surface area contributed by atoms with Gasteiger partial charge in [-0.2, -0.15) is 0 Å². The first kappa shape index (κ1) is 28.1. The number of amides is 2. The van der Waals surface area contributed by atoms with Crippen LogP contribution in [0.5, 0.6) is 0 Å². The number of nitrogens with zero attached hydrogens (tertiary/aromatic N) is 3. The molecule has 0 aromatic heterocycles. The Morgan fingerprint density at radius 2 is 1.76 bits per heavy atom. The molecule has 11 heteroatoms. The molecule has 1 saturated carbocycles. The number of nitrogens with one attached hydrogen (secondary N) is 1. The lowest BCUT2D eigenvalue weighted by Crippen LogP contribution is -2.52. The Kier molecular flexibility index (Phi) is 9.25. The number of benzene rings is 2. The minimum Gasteiger partial charge on any atom is -0.352 e. The summed E-state index contributed by atoms with van der Waals surface area (Å²) in [6, 6.07) is 11.8.